The van der Waals surface area contributed by atoms with Gasteiger partial charge in [0.15, 0.2) is 5.78 Å². The van der Waals surface area contributed by atoms with Crippen LogP contribution in [0.15, 0.2) is 12.2 Å². The maximum atomic E-state index is 13.6. The van der Waals surface area contributed by atoms with Crippen molar-refractivity contribution in [1.82, 2.24) is 0 Å². The van der Waals surface area contributed by atoms with Crippen LogP contribution in [0.4, 0.5) is 0 Å². The number of carbonyl (C=O) groups excluding carboxylic acids is 2. The van der Waals surface area contributed by atoms with E-state index in [1.54, 1.807) is 7.11 Å². The maximum absolute atomic E-state index is 13.6. The zero-order valence-electron chi connectivity index (χ0n) is 15.9. The minimum absolute atomic E-state index is 0.0233. The molecule has 0 aromatic carbocycles. The molecule has 3 rings (SSSR count). The summed E-state index contributed by atoms with van der Waals surface area (Å²) in [6.45, 7) is 2.20. The standard InChI is InChI=1S/C21H32O4/c1-4-5-6-7-8-10-15-16-12-14-21(15,19(23)25-3)18(22)20(16)13-9-11-17(20)24-2/h8,10,15-17H,4-7,9,11-14H2,1-3H3/b10-8+/t15-,16+,17-,20-,21+/m0/s1. The van der Waals surface area contributed by atoms with Crippen LogP contribution in [0.5, 0.6) is 0 Å². The van der Waals surface area contributed by atoms with Crippen molar-refractivity contribution < 1.29 is 19.1 Å². The van der Waals surface area contributed by atoms with Crippen LogP contribution in [0.3, 0.4) is 0 Å². The fourth-order valence-electron chi connectivity index (χ4n) is 6.08. The van der Waals surface area contributed by atoms with Gasteiger partial charge in [0, 0.05) is 13.0 Å². The molecule has 0 amide bonds. The number of carbonyl (C=O) groups is 2. The first kappa shape index (κ1) is 18.6. The molecule has 4 heteroatoms. The van der Waals surface area contributed by atoms with Crippen molar-refractivity contribution in [2.75, 3.05) is 14.2 Å². The summed E-state index contributed by atoms with van der Waals surface area (Å²) in [7, 11) is 3.12. The van der Waals surface area contributed by atoms with E-state index in [-0.39, 0.29) is 29.7 Å². The molecule has 0 aromatic rings. The number of ketones is 1. The van der Waals surface area contributed by atoms with Crippen molar-refractivity contribution in [2.45, 2.75) is 70.8 Å². The van der Waals surface area contributed by atoms with E-state index < -0.39 is 10.8 Å². The smallest absolute Gasteiger partial charge is 0.319 e. The van der Waals surface area contributed by atoms with E-state index in [0.29, 0.717) is 6.42 Å². The molecule has 0 saturated heterocycles. The Labute approximate surface area is 151 Å². The van der Waals surface area contributed by atoms with Crippen LogP contribution >= 0.6 is 0 Å². The highest BCUT2D eigenvalue weighted by molar-refractivity contribution is 6.10. The van der Waals surface area contributed by atoms with Crippen LogP contribution in [-0.4, -0.2) is 32.1 Å². The Balaban J connectivity index is 1.93. The van der Waals surface area contributed by atoms with Crippen LogP contribution < -0.4 is 0 Å². The van der Waals surface area contributed by atoms with E-state index in [1.807, 2.05) is 0 Å². The third-order valence-corrected chi connectivity index (χ3v) is 7.13. The summed E-state index contributed by atoms with van der Waals surface area (Å²) in [4.78, 5) is 26.4. The quantitative estimate of drug-likeness (QED) is 0.301. The van der Waals surface area contributed by atoms with Crippen LogP contribution in [0, 0.1) is 22.7 Å². The first-order valence-corrected chi connectivity index (χ1v) is 9.92. The molecule has 2 bridgehead atoms. The van der Waals surface area contributed by atoms with Crippen LogP contribution in [-0.2, 0) is 19.1 Å². The molecule has 0 radical (unpaired) electrons. The Kier molecular flexibility index (Phi) is 5.38. The van der Waals surface area contributed by atoms with E-state index >= 15 is 0 Å². The lowest BCUT2D eigenvalue weighted by Crippen LogP contribution is -2.49. The zero-order chi connectivity index (χ0) is 18.1. The Morgan fingerprint density at radius 3 is 2.72 bits per heavy atom. The number of hydrogen-bond donors (Lipinski definition) is 0. The molecular weight excluding hydrogens is 316 g/mol. The number of rotatable bonds is 7. The van der Waals surface area contributed by atoms with Gasteiger partial charge >= 0.3 is 5.97 Å². The predicted molar refractivity (Wildman–Crippen MR) is 96.0 cm³/mol. The number of allylic oxidation sites excluding steroid dienone is 2. The van der Waals surface area contributed by atoms with Crippen molar-refractivity contribution in [2.24, 2.45) is 22.7 Å². The van der Waals surface area contributed by atoms with Gasteiger partial charge in [0.2, 0.25) is 0 Å². The fourth-order valence-corrected chi connectivity index (χ4v) is 6.08. The van der Waals surface area contributed by atoms with Gasteiger partial charge in [-0.15, -0.1) is 0 Å². The van der Waals surface area contributed by atoms with E-state index in [9.17, 15) is 9.59 Å². The molecule has 140 valence electrons. The van der Waals surface area contributed by atoms with Gasteiger partial charge < -0.3 is 9.47 Å². The Bertz CT molecular complexity index is 554. The van der Waals surface area contributed by atoms with Crippen molar-refractivity contribution >= 4 is 11.8 Å². The minimum Gasteiger partial charge on any atom is -0.468 e. The summed E-state index contributed by atoms with van der Waals surface area (Å²) in [6.07, 6.45) is 13.2. The third-order valence-electron chi connectivity index (χ3n) is 7.13. The van der Waals surface area contributed by atoms with Gasteiger partial charge in [-0.3, -0.25) is 9.59 Å². The van der Waals surface area contributed by atoms with Gasteiger partial charge in [-0.05, 0) is 50.9 Å². The monoisotopic (exact) mass is 348 g/mol. The number of Topliss-reactive ketones (excluding diaryl/α,β-unsaturated/α-hetero) is 1. The number of fused-ring (bicyclic) bond motifs is 3. The second kappa shape index (κ2) is 7.22. The Hall–Kier alpha value is -1.16. The molecule has 1 spiro atoms. The number of unbranched alkanes of at least 4 members (excludes halogenated alkanes) is 3. The number of esters is 1. The van der Waals surface area contributed by atoms with Gasteiger partial charge in [-0.2, -0.15) is 0 Å². The minimum atomic E-state index is -0.970. The predicted octanol–water partition coefficient (Wildman–Crippen LogP) is 4.08. The van der Waals surface area contributed by atoms with Crippen LogP contribution in [0.2, 0.25) is 0 Å². The van der Waals surface area contributed by atoms with Gasteiger partial charge in [0.1, 0.15) is 5.41 Å². The van der Waals surface area contributed by atoms with E-state index in [0.717, 1.165) is 38.5 Å². The number of methoxy groups -OCH3 is 2. The average Bonchev–Trinajstić information content (AvgIpc) is 3.26. The summed E-state index contributed by atoms with van der Waals surface area (Å²) < 4.78 is 10.9. The first-order valence-electron chi connectivity index (χ1n) is 9.92. The van der Waals surface area contributed by atoms with E-state index in [4.69, 9.17) is 9.47 Å². The van der Waals surface area contributed by atoms with Crippen molar-refractivity contribution in [3.63, 3.8) is 0 Å². The van der Waals surface area contributed by atoms with E-state index in [2.05, 4.69) is 19.1 Å². The van der Waals surface area contributed by atoms with Gasteiger partial charge in [0.05, 0.1) is 18.6 Å². The molecular formula is C21H32O4. The molecule has 3 aliphatic carbocycles. The fraction of sp³-hybridized carbons (Fsp3) is 0.810. The Morgan fingerprint density at radius 2 is 2.04 bits per heavy atom. The van der Waals surface area contributed by atoms with Crippen LogP contribution in [0.25, 0.3) is 0 Å². The van der Waals surface area contributed by atoms with Crippen molar-refractivity contribution in [3.05, 3.63) is 12.2 Å². The summed E-state index contributed by atoms with van der Waals surface area (Å²) in [5, 5.41) is 0. The molecule has 0 heterocycles. The summed E-state index contributed by atoms with van der Waals surface area (Å²) in [6, 6.07) is 0. The van der Waals surface area contributed by atoms with Crippen LogP contribution in [0.1, 0.15) is 64.7 Å². The lowest BCUT2D eigenvalue weighted by Gasteiger charge is -2.38. The molecule has 0 aliphatic heterocycles. The second-order valence-electron chi connectivity index (χ2n) is 8.04. The number of hydrogen-bond acceptors (Lipinski definition) is 4. The maximum Gasteiger partial charge on any atom is 0.319 e. The zero-order valence-corrected chi connectivity index (χ0v) is 15.9. The lowest BCUT2D eigenvalue weighted by atomic mass is 9.66. The second-order valence-corrected chi connectivity index (χ2v) is 8.04. The summed E-state index contributed by atoms with van der Waals surface area (Å²) in [5.41, 5.74) is -1.44. The van der Waals surface area contributed by atoms with Gasteiger partial charge in [-0.1, -0.05) is 31.9 Å². The Morgan fingerprint density at radius 1 is 1.24 bits per heavy atom. The van der Waals surface area contributed by atoms with E-state index in [1.165, 1.54) is 20.0 Å². The average molecular weight is 348 g/mol. The topological polar surface area (TPSA) is 52.6 Å². The molecule has 0 N–H and O–H groups in total. The number of ether oxygens (including phenoxy) is 2. The molecule has 0 unspecified atom stereocenters. The highest BCUT2D eigenvalue weighted by atomic mass is 16.5. The summed E-state index contributed by atoms with van der Waals surface area (Å²) >= 11 is 0. The van der Waals surface area contributed by atoms with Gasteiger partial charge in [-0.25, -0.2) is 0 Å². The third kappa shape index (κ3) is 2.51. The molecule has 25 heavy (non-hydrogen) atoms. The SMILES string of the molecule is CCCCC/C=C/[C@H]1[C@H]2CC[C@]1(C(=O)OC)C(=O)[C@@]21CCC[C@@H]1OC. The molecule has 3 saturated carbocycles. The normalized spacial score (nSPS) is 39.8. The van der Waals surface area contributed by atoms with Crippen molar-refractivity contribution in [1.29, 1.82) is 0 Å². The highest BCUT2D eigenvalue weighted by Gasteiger charge is 2.76. The highest BCUT2D eigenvalue weighted by Crippen LogP contribution is 2.69. The first-order chi connectivity index (χ1) is 12.1. The summed E-state index contributed by atoms with van der Waals surface area (Å²) in [5.74, 6) is -0.0312. The molecule has 5 atom stereocenters. The molecule has 3 fully saturated rings. The molecule has 3 aliphatic rings. The molecule has 0 aromatic heterocycles. The largest absolute Gasteiger partial charge is 0.468 e. The van der Waals surface area contributed by atoms with Gasteiger partial charge in [0.25, 0.3) is 0 Å². The van der Waals surface area contributed by atoms with Crippen molar-refractivity contribution in [3.8, 4) is 0 Å². The molecule has 4 nitrogen and oxygen atoms in total. The lowest BCUT2D eigenvalue weighted by molar-refractivity contribution is -0.162.